The number of nitrogens with zero attached hydrogens (tertiary/aromatic N) is 1. The Labute approximate surface area is 255 Å². The third-order valence-electron chi connectivity index (χ3n) is 8.44. The first kappa shape index (κ1) is 33.8. The van der Waals surface area contributed by atoms with E-state index in [1.54, 1.807) is 25.7 Å². The SMILES string of the molecule is CC(C)Oc1ccc(S(=O)(=O)N(C)C)cc1C=C1CCCCC1P(C1CCCCC1)C1CCCCC1.[Cl][Ru][Cl]. The monoisotopic (exact) mass is 705 g/mol. The van der Waals surface area contributed by atoms with Gasteiger partial charge in [-0.3, -0.25) is 0 Å². The van der Waals surface area contributed by atoms with Crippen LogP contribution in [0.1, 0.15) is 109 Å². The summed E-state index contributed by atoms with van der Waals surface area (Å²) < 4.78 is 33.4. The number of hydrogen-bond acceptors (Lipinski definition) is 3. The second-order valence-electron chi connectivity index (χ2n) is 11.7. The molecule has 0 N–H and O–H groups in total. The van der Waals surface area contributed by atoms with E-state index < -0.39 is 10.0 Å². The maximum atomic E-state index is 13.0. The van der Waals surface area contributed by atoms with Crippen molar-refractivity contribution in [2.24, 2.45) is 0 Å². The maximum absolute atomic E-state index is 13.0. The van der Waals surface area contributed by atoms with E-state index in [2.05, 4.69) is 6.08 Å². The van der Waals surface area contributed by atoms with Crippen LogP contribution in [-0.2, 0) is 25.2 Å². The molecule has 0 aromatic heterocycles. The van der Waals surface area contributed by atoms with Gasteiger partial charge in [-0.15, -0.1) is 0 Å². The molecule has 3 aliphatic rings. The minimum absolute atomic E-state index is 0.0437. The Morgan fingerprint density at radius 2 is 1.46 bits per heavy atom. The summed E-state index contributed by atoms with van der Waals surface area (Å²) in [6.45, 7) is 4.08. The van der Waals surface area contributed by atoms with Crippen LogP contribution in [0.5, 0.6) is 5.75 Å². The minimum atomic E-state index is -3.50. The molecule has 1 aromatic carbocycles. The Morgan fingerprint density at radius 1 is 0.923 bits per heavy atom. The van der Waals surface area contributed by atoms with E-state index in [4.69, 9.17) is 24.1 Å². The van der Waals surface area contributed by atoms with Gasteiger partial charge in [0.2, 0.25) is 10.0 Å². The van der Waals surface area contributed by atoms with Crippen molar-refractivity contribution >= 4 is 43.4 Å². The molecule has 3 aliphatic carbocycles. The van der Waals surface area contributed by atoms with Gasteiger partial charge in [0.25, 0.3) is 0 Å². The molecule has 39 heavy (non-hydrogen) atoms. The average molecular weight is 706 g/mol. The number of ether oxygens (including phenoxy) is 1. The number of allylic oxidation sites excluding steroid dienone is 1. The van der Waals surface area contributed by atoms with Crippen molar-refractivity contribution in [2.75, 3.05) is 14.1 Å². The summed E-state index contributed by atoms with van der Waals surface area (Å²) >= 11 is -0.346. The molecule has 0 aliphatic heterocycles. The van der Waals surface area contributed by atoms with Crippen LogP contribution in [-0.4, -0.2) is 49.9 Å². The van der Waals surface area contributed by atoms with E-state index in [0.29, 0.717) is 10.6 Å². The van der Waals surface area contributed by atoms with Crippen LogP contribution in [0.4, 0.5) is 0 Å². The number of hydrogen-bond donors (Lipinski definition) is 0. The van der Waals surface area contributed by atoms with Gasteiger partial charge >= 0.3 is 34.5 Å². The van der Waals surface area contributed by atoms with Crippen LogP contribution in [0, 0.1) is 0 Å². The molecule has 1 atom stereocenters. The van der Waals surface area contributed by atoms with Crippen molar-refractivity contribution in [1.29, 1.82) is 0 Å². The zero-order valence-corrected chi connectivity index (χ0v) is 29.1. The predicted octanol–water partition coefficient (Wildman–Crippen LogP) is 9.57. The van der Waals surface area contributed by atoms with Crippen molar-refractivity contribution < 1.29 is 28.3 Å². The molecule has 0 saturated heterocycles. The van der Waals surface area contributed by atoms with Crippen LogP contribution in [0.2, 0.25) is 0 Å². The standard InChI is InChI=1S/C30H48NO3PS.2ClH.Ru/c1-23(2)34-29-20-19-28(36(32,33)31(3)4)22-25(29)21-24-13-11-12-18-30(24)35(26-14-7-5-8-15-26)27-16-9-6-10-17-27;;;/h19-23,26-27,30H,5-18H2,1-4H3;2*1H;/q;;;+2/p-2. The van der Waals surface area contributed by atoms with Gasteiger partial charge in [-0.2, -0.15) is 0 Å². The summed E-state index contributed by atoms with van der Waals surface area (Å²) in [6.07, 6.45) is 21.7. The van der Waals surface area contributed by atoms with Crippen LogP contribution in [0.25, 0.3) is 6.08 Å². The van der Waals surface area contributed by atoms with Crippen molar-refractivity contribution in [1.82, 2.24) is 4.31 Å². The van der Waals surface area contributed by atoms with Crippen molar-refractivity contribution in [3.05, 3.63) is 29.3 Å². The van der Waals surface area contributed by atoms with Crippen molar-refractivity contribution in [3.63, 3.8) is 0 Å². The molecule has 4 rings (SSSR count). The molecule has 4 nitrogen and oxygen atoms in total. The Bertz CT molecular complexity index is 1010. The Morgan fingerprint density at radius 3 is 1.97 bits per heavy atom. The third kappa shape index (κ3) is 9.66. The molecule has 0 radical (unpaired) electrons. The fourth-order valence-corrected chi connectivity index (χ4v) is 12.2. The number of halogens is 2. The van der Waals surface area contributed by atoms with Gasteiger partial charge in [0, 0.05) is 25.3 Å². The molecule has 3 saturated carbocycles. The van der Waals surface area contributed by atoms with Crippen molar-refractivity contribution in [2.45, 2.75) is 132 Å². The van der Waals surface area contributed by atoms with Crippen molar-refractivity contribution in [3.8, 4) is 5.75 Å². The van der Waals surface area contributed by atoms with Crippen LogP contribution >= 0.6 is 27.3 Å². The van der Waals surface area contributed by atoms with Gasteiger partial charge < -0.3 is 4.74 Å². The van der Waals surface area contributed by atoms with E-state index in [9.17, 15) is 8.42 Å². The molecule has 0 bridgehead atoms. The second-order valence-corrected chi connectivity index (χ2v) is 19.5. The summed E-state index contributed by atoms with van der Waals surface area (Å²) in [5.41, 5.74) is 5.07. The van der Waals surface area contributed by atoms with E-state index in [-0.39, 0.29) is 29.2 Å². The fraction of sp³-hybridized carbons (Fsp3) is 0.733. The molecule has 0 amide bonds. The summed E-state index contributed by atoms with van der Waals surface area (Å²) in [4.78, 5) is 0.352. The normalized spacial score (nSPS) is 22.9. The quantitative estimate of drug-likeness (QED) is 0.200. The Balaban J connectivity index is 0.00000134. The summed E-state index contributed by atoms with van der Waals surface area (Å²) in [6, 6.07) is 5.42. The molecular formula is C30H48Cl2NO3PRuS. The number of rotatable bonds is 8. The van der Waals surface area contributed by atoms with E-state index in [0.717, 1.165) is 29.1 Å². The van der Waals surface area contributed by atoms with Gasteiger partial charge in [-0.05, 0) is 88.3 Å². The first-order valence-corrected chi connectivity index (χ1v) is 22.2. The summed E-state index contributed by atoms with van der Waals surface area (Å²) in [5, 5.41) is 0. The molecule has 3 fully saturated rings. The first-order chi connectivity index (χ1) is 18.7. The van der Waals surface area contributed by atoms with Gasteiger partial charge in [0.15, 0.2) is 0 Å². The number of sulfonamides is 1. The predicted molar refractivity (Wildman–Crippen MR) is 166 cm³/mol. The van der Waals surface area contributed by atoms with Gasteiger partial charge in [0.05, 0.1) is 11.0 Å². The summed E-state index contributed by atoms with van der Waals surface area (Å²) in [7, 11) is 9.36. The molecular weight excluding hydrogens is 657 g/mol. The molecule has 1 unspecified atom stereocenters. The van der Waals surface area contributed by atoms with E-state index >= 15 is 0 Å². The second kappa shape index (κ2) is 16.8. The molecule has 224 valence electrons. The molecule has 9 heteroatoms. The van der Waals surface area contributed by atoms with Crippen LogP contribution < -0.4 is 4.74 Å². The topological polar surface area (TPSA) is 46.6 Å². The Hall–Kier alpha value is 0.303. The van der Waals surface area contributed by atoms with Gasteiger partial charge in [-0.25, -0.2) is 12.7 Å². The summed E-state index contributed by atoms with van der Waals surface area (Å²) in [5.74, 6) is 0.805. The van der Waals surface area contributed by atoms with Gasteiger partial charge in [0.1, 0.15) is 5.75 Å². The van der Waals surface area contributed by atoms with Crippen LogP contribution in [0.15, 0.2) is 28.7 Å². The molecule has 0 spiro atoms. The zero-order chi connectivity index (χ0) is 28.4. The third-order valence-corrected chi connectivity index (χ3v) is 14.3. The zero-order valence-electron chi connectivity index (χ0n) is 24.2. The first-order valence-electron chi connectivity index (χ1n) is 14.7. The van der Waals surface area contributed by atoms with E-state index in [1.165, 1.54) is 87.8 Å². The molecule has 0 heterocycles. The Kier molecular flexibility index (Phi) is 14.6. The van der Waals surface area contributed by atoms with E-state index in [1.807, 2.05) is 26.0 Å². The fourth-order valence-electron chi connectivity index (χ4n) is 6.66. The van der Waals surface area contributed by atoms with Gasteiger partial charge in [-0.1, -0.05) is 64.5 Å². The average Bonchev–Trinajstić information content (AvgIpc) is 2.92. The van der Waals surface area contributed by atoms with Crippen LogP contribution in [0.3, 0.4) is 0 Å². The molecule has 1 aromatic rings. The number of benzene rings is 1.